The van der Waals surface area contributed by atoms with Gasteiger partial charge in [0.05, 0.1) is 13.5 Å². The molecule has 0 bridgehead atoms. The van der Waals surface area contributed by atoms with Crippen LogP contribution in [0.4, 0.5) is 10.5 Å². The van der Waals surface area contributed by atoms with Crippen LogP contribution in [0.15, 0.2) is 24.3 Å². The molecule has 7 nitrogen and oxygen atoms in total. The Bertz CT molecular complexity index is 579. The van der Waals surface area contributed by atoms with Crippen LogP contribution < -0.4 is 15.0 Å². The third-order valence-electron chi connectivity index (χ3n) is 4.25. The van der Waals surface area contributed by atoms with Gasteiger partial charge in [-0.25, -0.2) is 4.79 Å². The van der Waals surface area contributed by atoms with Crippen molar-refractivity contribution in [2.45, 2.75) is 12.8 Å². The Kier molecular flexibility index (Phi) is 6.28. The van der Waals surface area contributed by atoms with E-state index in [9.17, 15) is 9.59 Å². The number of hydrogen-bond acceptors (Lipinski definition) is 4. The SMILES string of the molecule is COc1cccc(N2CCC(CNC(=O)N(C)CCC(=O)O)C2)c1. The smallest absolute Gasteiger partial charge is 0.317 e. The minimum Gasteiger partial charge on any atom is -0.497 e. The average molecular weight is 335 g/mol. The maximum Gasteiger partial charge on any atom is 0.317 e. The fourth-order valence-electron chi connectivity index (χ4n) is 2.77. The van der Waals surface area contributed by atoms with E-state index in [-0.39, 0.29) is 19.0 Å². The molecule has 1 fully saturated rings. The maximum atomic E-state index is 11.9. The molecule has 1 heterocycles. The highest BCUT2D eigenvalue weighted by Gasteiger charge is 2.23. The standard InChI is InChI=1S/C17H25N3O4/c1-19(8-7-16(21)22)17(23)18-11-13-6-9-20(12-13)14-4-3-5-15(10-14)24-2/h3-5,10,13H,6-9,11-12H2,1-2H3,(H,18,23)(H,21,22). The molecule has 132 valence electrons. The van der Waals surface area contributed by atoms with E-state index in [2.05, 4.69) is 16.3 Å². The number of anilines is 1. The van der Waals surface area contributed by atoms with Gasteiger partial charge in [0.2, 0.25) is 0 Å². The van der Waals surface area contributed by atoms with Crippen molar-refractivity contribution >= 4 is 17.7 Å². The second-order valence-electron chi connectivity index (χ2n) is 6.05. The molecule has 0 spiro atoms. The average Bonchev–Trinajstić information content (AvgIpc) is 3.06. The van der Waals surface area contributed by atoms with Gasteiger partial charge < -0.3 is 25.0 Å². The molecule has 1 saturated heterocycles. The number of benzene rings is 1. The summed E-state index contributed by atoms with van der Waals surface area (Å²) in [5, 5.41) is 11.5. The van der Waals surface area contributed by atoms with Crippen LogP contribution in [0.1, 0.15) is 12.8 Å². The molecule has 2 N–H and O–H groups in total. The van der Waals surface area contributed by atoms with Gasteiger partial charge in [0.1, 0.15) is 5.75 Å². The first-order chi connectivity index (χ1) is 11.5. The Balaban J connectivity index is 1.77. The molecule has 1 atom stereocenters. The number of carbonyl (C=O) groups excluding carboxylic acids is 1. The van der Waals surface area contributed by atoms with Gasteiger partial charge in [-0.2, -0.15) is 0 Å². The zero-order valence-electron chi connectivity index (χ0n) is 14.2. The fourth-order valence-corrected chi connectivity index (χ4v) is 2.77. The lowest BCUT2D eigenvalue weighted by Crippen LogP contribution is -2.40. The van der Waals surface area contributed by atoms with Crippen LogP contribution in [0.3, 0.4) is 0 Å². The van der Waals surface area contributed by atoms with Crippen molar-refractivity contribution in [3.05, 3.63) is 24.3 Å². The second-order valence-corrected chi connectivity index (χ2v) is 6.05. The number of urea groups is 1. The topological polar surface area (TPSA) is 82.1 Å². The summed E-state index contributed by atoms with van der Waals surface area (Å²) in [7, 11) is 3.26. The van der Waals surface area contributed by atoms with Crippen molar-refractivity contribution in [2.75, 3.05) is 45.2 Å². The predicted molar refractivity (Wildman–Crippen MR) is 91.6 cm³/mol. The van der Waals surface area contributed by atoms with Crippen LogP contribution in [0, 0.1) is 5.92 Å². The number of carboxylic acids is 1. The molecule has 1 unspecified atom stereocenters. The van der Waals surface area contributed by atoms with Crippen molar-refractivity contribution in [3.63, 3.8) is 0 Å². The number of aliphatic carboxylic acids is 1. The first-order valence-corrected chi connectivity index (χ1v) is 8.09. The van der Waals surface area contributed by atoms with Crippen LogP contribution >= 0.6 is 0 Å². The Morgan fingerprint density at radius 1 is 1.46 bits per heavy atom. The molecule has 0 aromatic heterocycles. The second kappa shape index (κ2) is 8.42. The van der Waals surface area contributed by atoms with E-state index in [0.717, 1.165) is 30.9 Å². The number of ether oxygens (including phenoxy) is 1. The quantitative estimate of drug-likeness (QED) is 0.791. The highest BCUT2D eigenvalue weighted by Crippen LogP contribution is 2.26. The van der Waals surface area contributed by atoms with Gasteiger partial charge in [-0.3, -0.25) is 4.79 Å². The van der Waals surface area contributed by atoms with Crippen molar-refractivity contribution < 1.29 is 19.4 Å². The molecule has 7 heteroatoms. The molecule has 2 rings (SSSR count). The Morgan fingerprint density at radius 3 is 2.96 bits per heavy atom. The van der Waals surface area contributed by atoms with Gasteiger partial charge in [0.15, 0.2) is 0 Å². The number of methoxy groups -OCH3 is 1. The van der Waals surface area contributed by atoms with E-state index in [1.54, 1.807) is 14.2 Å². The molecular weight excluding hydrogens is 310 g/mol. The summed E-state index contributed by atoms with van der Waals surface area (Å²) >= 11 is 0. The van der Waals surface area contributed by atoms with E-state index < -0.39 is 5.97 Å². The number of carboxylic acid groups (broad SMARTS) is 1. The summed E-state index contributed by atoms with van der Waals surface area (Å²) in [6.07, 6.45) is 0.966. The van der Waals surface area contributed by atoms with Gasteiger partial charge in [0, 0.05) is 45.0 Å². The molecule has 2 amide bonds. The number of amides is 2. The molecule has 1 aliphatic heterocycles. The highest BCUT2D eigenvalue weighted by atomic mass is 16.5. The first kappa shape index (κ1) is 17.9. The third kappa shape index (κ3) is 5.04. The van der Waals surface area contributed by atoms with E-state index >= 15 is 0 Å². The summed E-state index contributed by atoms with van der Waals surface area (Å²) in [5.41, 5.74) is 1.13. The summed E-state index contributed by atoms with van der Waals surface area (Å²) in [6, 6.07) is 7.74. The minimum atomic E-state index is -0.903. The minimum absolute atomic E-state index is 0.0447. The third-order valence-corrected chi connectivity index (χ3v) is 4.25. The molecule has 0 saturated carbocycles. The van der Waals surface area contributed by atoms with Crippen LogP contribution in [0.25, 0.3) is 0 Å². The molecule has 1 aliphatic rings. The zero-order valence-corrected chi connectivity index (χ0v) is 14.2. The van der Waals surface area contributed by atoms with Gasteiger partial charge in [0.25, 0.3) is 0 Å². The molecule has 0 aliphatic carbocycles. The van der Waals surface area contributed by atoms with Crippen molar-refractivity contribution in [1.29, 1.82) is 0 Å². The Labute approximate surface area is 142 Å². The Morgan fingerprint density at radius 2 is 2.25 bits per heavy atom. The summed E-state index contributed by atoms with van der Waals surface area (Å²) in [4.78, 5) is 26.2. The van der Waals surface area contributed by atoms with E-state index in [0.29, 0.717) is 12.5 Å². The maximum absolute atomic E-state index is 11.9. The van der Waals surface area contributed by atoms with Crippen LogP contribution in [-0.4, -0.2) is 62.3 Å². The van der Waals surface area contributed by atoms with E-state index in [1.165, 1.54) is 4.90 Å². The predicted octanol–water partition coefficient (Wildman–Crippen LogP) is 1.64. The van der Waals surface area contributed by atoms with Crippen molar-refractivity contribution in [2.24, 2.45) is 5.92 Å². The van der Waals surface area contributed by atoms with Crippen LogP contribution in [-0.2, 0) is 4.79 Å². The first-order valence-electron chi connectivity index (χ1n) is 8.09. The fraction of sp³-hybridized carbons (Fsp3) is 0.529. The van der Waals surface area contributed by atoms with E-state index in [1.807, 2.05) is 18.2 Å². The van der Waals surface area contributed by atoms with Crippen molar-refractivity contribution in [1.82, 2.24) is 10.2 Å². The largest absolute Gasteiger partial charge is 0.497 e. The Hall–Kier alpha value is -2.44. The summed E-state index contributed by atoms with van der Waals surface area (Å²) in [5.74, 6) is 0.316. The number of nitrogens with one attached hydrogen (secondary N) is 1. The van der Waals surface area contributed by atoms with Crippen LogP contribution in [0.5, 0.6) is 5.75 Å². The van der Waals surface area contributed by atoms with E-state index in [4.69, 9.17) is 9.84 Å². The van der Waals surface area contributed by atoms with Gasteiger partial charge >= 0.3 is 12.0 Å². The van der Waals surface area contributed by atoms with Gasteiger partial charge in [-0.05, 0) is 24.5 Å². The van der Waals surface area contributed by atoms with Crippen molar-refractivity contribution in [3.8, 4) is 5.75 Å². The molecular formula is C17H25N3O4. The lowest BCUT2D eigenvalue weighted by molar-refractivity contribution is -0.137. The monoisotopic (exact) mass is 335 g/mol. The number of nitrogens with zero attached hydrogens (tertiary/aromatic N) is 2. The zero-order chi connectivity index (χ0) is 17.5. The highest BCUT2D eigenvalue weighted by molar-refractivity contribution is 5.75. The van der Waals surface area contributed by atoms with Gasteiger partial charge in [-0.1, -0.05) is 6.07 Å². The van der Waals surface area contributed by atoms with Crippen LogP contribution in [0.2, 0.25) is 0 Å². The van der Waals surface area contributed by atoms with Gasteiger partial charge in [-0.15, -0.1) is 0 Å². The molecule has 24 heavy (non-hydrogen) atoms. The number of carbonyl (C=O) groups is 2. The summed E-state index contributed by atoms with van der Waals surface area (Å²) < 4.78 is 5.26. The molecule has 1 aromatic carbocycles. The summed E-state index contributed by atoms with van der Waals surface area (Å²) in [6.45, 7) is 2.63. The number of hydrogen-bond donors (Lipinski definition) is 2. The normalized spacial score (nSPS) is 16.8. The molecule has 1 aromatic rings. The molecule has 0 radical (unpaired) electrons. The number of rotatable bonds is 7. The lowest BCUT2D eigenvalue weighted by Gasteiger charge is -2.21. The lowest BCUT2D eigenvalue weighted by atomic mass is 10.1.